The van der Waals surface area contributed by atoms with E-state index in [1.807, 2.05) is 31.0 Å². The lowest BCUT2D eigenvalue weighted by molar-refractivity contribution is 0.620. The van der Waals surface area contributed by atoms with Crippen molar-refractivity contribution < 1.29 is 0 Å². The minimum atomic E-state index is 0.786. The Hall–Kier alpha value is -1.76. The molecule has 0 bridgehead atoms. The molecule has 0 spiro atoms. The number of hydrogen-bond donors (Lipinski definition) is 2. The molecular formula is C14H22N6S. The van der Waals surface area contributed by atoms with Gasteiger partial charge in [0.15, 0.2) is 5.16 Å². The summed E-state index contributed by atoms with van der Waals surface area (Å²) in [4.78, 5) is 12.9. The summed E-state index contributed by atoms with van der Waals surface area (Å²) in [5.74, 6) is 1.76. The molecule has 6 nitrogen and oxygen atoms in total. The minimum absolute atomic E-state index is 0.786. The van der Waals surface area contributed by atoms with Crippen molar-refractivity contribution in [3.8, 4) is 0 Å². The van der Waals surface area contributed by atoms with Crippen LogP contribution in [-0.4, -0.2) is 38.9 Å². The maximum absolute atomic E-state index is 4.47. The lowest BCUT2D eigenvalue weighted by Gasteiger charge is -2.09. The smallest absolute Gasteiger partial charge is 0.191 e. The van der Waals surface area contributed by atoms with Gasteiger partial charge in [0.2, 0.25) is 0 Å². The predicted molar refractivity (Wildman–Crippen MR) is 87.9 cm³/mol. The molecule has 0 unspecified atom stereocenters. The van der Waals surface area contributed by atoms with E-state index in [2.05, 4.69) is 37.1 Å². The van der Waals surface area contributed by atoms with E-state index < -0.39 is 0 Å². The Morgan fingerprint density at radius 1 is 1.19 bits per heavy atom. The van der Waals surface area contributed by atoms with Crippen LogP contribution >= 0.6 is 11.8 Å². The van der Waals surface area contributed by atoms with E-state index >= 15 is 0 Å². The van der Waals surface area contributed by atoms with Crippen molar-refractivity contribution in [2.75, 3.05) is 30.0 Å². The quantitative estimate of drug-likeness (QED) is 0.422. The highest BCUT2D eigenvalue weighted by molar-refractivity contribution is 7.98. The number of nitrogens with zero attached hydrogens (tertiary/aromatic N) is 4. The second-order valence-electron chi connectivity index (χ2n) is 4.59. The molecule has 2 aromatic rings. The van der Waals surface area contributed by atoms with Crippen molar-refractivity contribution in [2.24, 2.45) is 0 Å². The Morgan fingerprint density at radius 3 is 2.67 bits per heavy atom. The normalized spacial score (nSPS) is 10.6. The molecular weight excluding hydrogens is 284 g/mol. The van der Waals surface area contributed by atoms with Gasteiger partial charge in [0, 0.05) is 38.1 Å². The van der Waals surface area contributed by atoms with Crippen LogP contribution in [0.15, 0.2) is 29.9 Å². The Balaban J connectivity index is 1.77. The molecule has 2 N–H and O–H groups in total. The number of hydrogen-bond acceptors (Lipinski definition) is 6. The molecule has 0 radical (unpaired) electrons. The lowest BCUT2D eigenvalue weighted by atomic mass is 10.3. The summed E-state index contributed by atoms with van der Waals surface area (Å²) in [6.45, 7) is 4.83. The zero-order chi connectivity index (χ0) is 14.9. The van der Waals surface area contributed by atoms with Crippen LogP contribution in [0.25, 0.3) is 0 Å². The van der Waals surface area contributed by atoms with Gasteiger partial charge in [-0.25, -0.2) is 15.0 Å². The third-order valence-corrected chi connectivity index (χ3v) is 3.50. The number of unbranched alkanes of at least 4 members (excludes halogenated alkanes) is 1. The Morgan fingerprint density at radius 2 is 2.00 bits per heavy atom. The highest BCUT2D eigenvalue weighted by Gasteiger charge is 2.03. The van der Waals surface area contributed by atoms with E-state index in [-0.39, 0.29) is 0 Å². The Labute approximate surface area is 129 Å². The Kier molecular flexibility index (Phi) is 6.33. The van der Waals surface area contributed by atoms with Gasteiger partial charge >= 0.3 is 0 Å². The van der Waals surface area contributed by atoms with Crippen molar-refractivity contribution in [3.63, 3.8) is 0 Å². The van der Waals surface area contributed by atoms with Crippen LogP contribution in [0.2, 0.25) is 0 Å². The molecule has 0 aliphatic carbocycles. The summed E-state index contributed by atoms with van der Waals surface area (Å²) in [7, 11) is 0. The van der Waals surface area contributed by atoms with Crippen molar-refractivity contribution in [1.29, 1.82) is 0 Å². The van der Waals surface area contributed by atoms with Gasteiger partial charge in [-0.2, -0.15) is 0 Å². The third kappa shape index (κ3) is 5.26. The van der Waals surface area contributed by atoms with Crippen LogP contribution in [0.3, 0.4) is 0 Å². The number of imidazole rings is 1. The molecule has 2 rings (SSSR count). The van der Waals surface area contributed by atoms with Gasteiger partial charge in [-0.1, -0.05) is 11.8 Å². The third-order valence-electron chi connectivity index (χ3n) is 2.95. The fourth-order valence-corrected chi connectivity index (χ4v) is 2.31. The number of thioether (sulfide) groups is 1. The van der Waals surface area contributed by atoms with Crippen LogP contribution < -0.4 is 10.6 Å². The molecule has 0 amide bonds. The van der Waals surface area contributed by atoms with Gasteiger partial charge in [0.25, 0.3) is 0 Å². The van der Waals surface area contributed by atoms with Crippen molar-refractivity contribution in [1.82, 2.24) is 19.5 Å². The number of rotatable bonds is 9. The van der Waals surface area contributed by atoms with Gasteiger partial charge in [-0.15, -0.1) is 0 Å². The summed E-state index contributed by atoms with van der Waals surface area (Å²) >= 11 is 1.55. The van der Waals surface area contributed by atoms with E-state index in [1.165, 1.54) is 0 Å². The minimum Gasteiger partial charge on any atom is -0.370 e. The van der Waals surface area contributed by atoms with Gasteiger partial charge in [-0.3, -0.25) is 0 Å². The van der Waals surface area contributed by atoms with Crippen LogP contribution in [0.5, 0.6) is 0 Å². The first-order valence-corrected chi connectivity index (χ1v) is 8.41. The lowest BCUT2D eigenvalue weighted by Crippen LogP contribution is -2.08. The maximum Gasteiger partial charge on any atom is 0.191 e. The summed E-state index contributed by atoms with van der Waals surface area (Å²) in [6, 6.07) is 1.96. The molecule has 0 aliphatic rings. The largest absolute Gasteiger partial charge is 0.370 e. The van der Waals surface area contributed by atoms with Crippen LogP contribution in [0, 0.1) is 0 Å². The second-order valence-corrected chi connectivity index (χ2v) is 5.36. The average Bonchev–Trinajstić information content (AvgIpc) is 3.00. The van der Waals surface area contributed by atoms with Gasteiger partial charge < -0.3 is 15.2 Å². The maximum atomic E-state index is 4.47. The molecule has 114 valence electrons. The number of aryl methyl sites for hydroxylation is 1. The van der Waals surface area contributed by atoms with Crippen molar-refractivity contribution in [3.05, 3.63) is 24.8 Å². The molecule has 2 heterocycles. The summed E-state index contributed by atoms with van der Waals surface area (Å²) < 4.78 is 2.10. The molecule has 0 saturated carbocycles. The average molecular weight is 306 g/mol. The van der Waals surface area contributed by atoms with Crippen LogP contribution in [-0.2, 0) is 6.54 Å². The highest BCUT2D eigenvalue weighted by atomic mass is 32.2. The zero-order valence-electron chi connectivity index (χ0n) is 12.5. The molecule has 7 heteroatoms. The van der Waals surface area contributed by atoms with E-state index in [0.717, 1.165) is 49.3 Å². The van der Waals surface area contributed by atoms with E-state index in [0.29, 0.717) is 0 Å². The topological polar surface area (TPSA) is 67.7 Å². The van der Waals surface area contributed by atoms with Crippen molar-refractivity contribution in [2.45, 2.75) is 31.5 Å². The monoisotopic (exact) mass is 306 g/mol. The summed E-state index contributed by atoms with van der Waals surface area (Å²) in [5.41, 5.74) is 0. The molecule has 0 aliphatic heterocycles. The van der Waals surface area contributed by atoms with E-state index in [4.69, 9.17) is 0 Å². The van der Waals surface area contributed by atoms with Crippen molar-refractivity contribution >= 4 is 23.4 Å². The molecule has 21 heavy (non-hydrogen) atoms. The summed E-state index contributed by atoms with van der Waals surface area (Å²) in [6.07, 6.45) is 9.85. The molecule has 0 aromatic carbocycles. The van der Waals surface area contributed by atoms with Crippen LogP contribution in [0.1, 0.15) is 19.8 Å². The van der Waals surface area contributed by atoms with E-state index in [1.54, 1.807) is 11.8 Å². The van der Waals surface area contributed by atoms with Crippen LogP contribution in [0.4, 0.5) is 11.6 Å². The second kappa shape index (κ2) is 8.51. The molecule has 0 fully saturated rings. The molecule has 0 saturated heterocycles. The van der Waals surface area contributed by atoms with Gasteiger partial charge in [0.1, 0.15) is 11.6 Å². The zero-order valence-corrected chi connectivity index (χ0v) is 13.4. The van der Waals surface area contributed by atoms with Gasteiger partial charge in [0.05, 0.1) is 6.33 Å². The van der Waals surface area contributed by atoms with E-state index in [9.17, 15) is 0 Å². The first-order valence-electron chi connectivity index (χ1n) is 7.18. The standard InChI is InChI=1S/C14H22N6S/c1-3-16-12-10-13(19-14(18-12)21-2)17-6-4-5-8-20-9-7-15-11-20/h7,9-11H,3-6,8H2,1-2H3,(H2,16,17,18,19). The predicted octanol–water partition coefficient (Wildman–Crippen LogP) is 2.72. The number of aromatic nitrogens is 4. The Bertz CT molecular complexity index is 528. The fourth-order valence-electron chi connectivity index (χ4n) is 1.93. The molecule has 0 atom stereocenters. The number of nitrogens with one attached hydrogen (secondary N) is 2. The highest BCUT2D eigenvalue weighted by Crippen LogP contribution is 2.17. The first kappa shape index (κ1) is 15.6. The van der Waals surface area contributed by atoms with Gasteiger partial charge in [-0.05, 0) is 26.0 Å². The fraction of sp³-hybridized carbons (Fsp3) is 0.500. The first-order chi connectivity index (χ1) is 10.3. The SMILES string of the molecule is CCNc1cc(NCCCCn2ccnc2)nc(SC)n1. The summed E-state index contributed by atoms with van der Waals surface area (Å²) in [5, 5.41) is 7.38. The number of anilines is 2. The molecule has 2 aromatic heterocycles.